The third kappa shape index (κ3) is 5.06. The van der Waals surface area contributed by atoms with Crippen molar-refractivity contribution in [3.63, 3.8) is 0 Å². The number of hydrogen-bond acceptors (Lipinski definition) is 3. The smallest absolute Gasteiger partial charge is 0.241 e. The van der Waals surface area contributed by atoms with E-state index in [0.29, 0.717) is 4.90 Å². The van der Waals surface area contributed by atoms with E-state index in [1.807, 2.05) is 77.1 Å². The predicted octanol–water partition coefficient (Wildman–Crippen LogP) is 3.99. The van der Waals surface area contributed by atoms with Gasteiger partial charge in [0.1, 0.15) is 12.4 Å². The number of para-hydroxylation sites is 1. The molecule has 0 amide bonds. The van der Waals surface area contributed by atoms with Crippen LogP contribution in [0.3, 0.4) is 0 Å². The molecule has 0 saturated carbocycles. The van der Waals surface area contributed by atoms with E-state index in [-0.39, 0.29) is 18.6 Å². The fourth-order valence-corrected chi connectivity index (χ4v) is 4.74. The zero-order valence-electron chi connectivity index (χ0n) is 15.5. The van der Waals surface area contributed by atoms with Crippen molar-refractivity contribution in [3.8, 4) is 5.75 Å². The molecule has 5 heteroatoms. The predicted molar refractivity (Wildman–Crippen MR) is 102 cm³/mol. The lowest BCUT2D eigenvalue weighted by atomic mass is 10.1. The summed E-state index contributed by atoms with van der Waals surface area (Å²) in [6.45, 7) is 9.88. The second-order valence-electron chi connectivity index (χ2n) is 6.82. The zero-order chi connectivity index (χ0) is 18.6. The summed E-state index contributed by atoms with van der Waals surface area (Å²) in [6.07, 6.45) is 0. The van der Waals surface area contributed by atoms with Gasteiger partial charge in [-0.25, -0.2) is 13.1 Å². The summed E-state index contributed by atoms with van der Waals surface area (Å²) in [6, 6.07) is 12.9. The minimum Gasteiger partial charge on any atom is -0.492 e. The first-order valence-corrected chi connectivity index (χ1v) is 9.97. The van der Waals surface area contributed by atoms with E-state index < -0.39 is 10.0 Å². The van der Waals surface area contributed by atoms with Crippen LogP contribution in [-0.2, 0) is 10.0 Å². The van der Waals surface area contributed by atoms with Crippen molar-refractivity contribution in [3.05, 3.63) is 59.2 Å². The first-order valence-electron chi connectivity index (χ1n) is 8.48. The molecule has 0 bridgehead atoms. The molecule has 0 spiro atoms. The molecule has 1 N–H and O–H groups in total. The molecule has 0 aliphatic rings. The molecule has 25 heavy (non-hydrogen) atoms. The van der Waals surface area contributed by atoms with Gasteiger partial charge in [-0.15, -0.1) is 0 Å². The van der Waals surface area contributed by atoms with Gasteiger partial charge in [-0.05, 0) is 49.9 Å². The highest BCUT2D eigenvalue weighted by Gasteiger charge is 2.26. The van der Waals surface area contributed by atoms with Gasteiger partial charge in [-0.1, -0.05) is 49.7 Å². The van der Waals surface area contributed by atoms with Crippen LogP contribution < -0.4 is 9.46 Å². The van der Waals surface area contributed by atoms with Gasteiger partial charge in [-0.2, -0.15) is 0 Å². The second-order valence-corrected chi connectivity index (χ2v) is 8.47. The van der Waals surface area contributed by atoms with Gasteiger partial charge in [0.05, 0.1) is 10.9 Å². The fourth-order valence-electron chi connectivity index (χ4n) is 2.91. The van der Waals surface area contributed by atoms with Gasteiger partial charge in [0.15, 0.2) is 0 Å². The minimum atomic E-state index is -3.62. The highest BCUT2D eigenvalue weighted by atomic mass is 32.2. The van der Waals surface area contributed by atoms with Crippen LogP contribution >= 0.6 is 0 Å². The van der Waals surface area contributed by atoms with Gasteiger partial charge >= 0.3 is 0 Å². The molecule has 0 aromatic heterocycles. The van der Waals surface area contributed by atoms with Gasteiger partial charge in [-0.3, -0.25) is 0 Å². The zero-order valence-corrected chi connectivity index (χ0v) is 16.4. The molecule has 0 fully saturated rings. The van der Waals surface area contributed by atoms with Crippen LogP contribution in [0.25, 0.3) is 0 Å². The molecule has 0 saturated heterocycles. The monoisotopic (exact) mass is 361 g/mol. The molecule has 1 atom stereocenters. The molecule has 0 aliphatic heterocycles. The highest BCUT2D eigenvalue weighted by Crippen LogP contribution is 2.22. The lowest BCUT2D eigenvalue weighted by Gasteiger charge is -2.24. The molecular weight excluding hydrogens is 334 g/mol. The molecule has 2 aromatic carbocycles. The maximum atomic E-state index is 12.9. The van der Waals surface area contributed by atoms with Crippen LogP contribution in [-0.4, -0.2) is 21.1 Å². The van der Waals surface area contributed by atoms with Crippen molar-refractivity contribution in [2.24, 2.45) is 5.92 Å². The first kappa shape index (κ1) is 19.5. The quantitative estimate of drug-likeness (QED) is 0.811. The Hall–Kier alpha value is -1.85. The van der Waals surface area contributed by atoms with E-state index in [1.54, 1.807) is 0 Å². The molecule has 136 valence electrons. The van der Waals surface area contributed by atoms with E-state index >= 15 is 0 Å². The molecule has 0 heterocycles. The van der Waals surface area contributed by atoms with E-state index in [2.05, 4.69) is 4.72 Å². The van der Waals surface area contributed by atoms with Gasteiger partial charge < -0.3 is 4.74 Å². The SMILES string of the molecule is Cc1cc(C)c(S(=O)(=O)NC(COc2ccccc2)C(C)C)c(C)c1. The van der Waals surface area contributed by atoms with Crippen molar-refractivity contribution in [1.82, 2.24) is 4.72 Å². The van der Waals surface area contributed by atoms with Crippen molar-refractivity contribution < 1.29 is 13.2 Å². The Morgan fingerprint density at radius 1 is 1.00 bits per heavy atom. The Kier molecular flexibility index (Phi) is 6.25. The molecule has 2 aromatic rings. The second kappa shape index (κ2) is 8.02. The minimum absolute atomic E-state index is 0.101. The maximum absolute atomic E-state index is 12.9. The highest BCUT2D eigenvalue weighted by molar-refractivity contribution is 7.89. The number of hydrogen-bond donors (Lipinski definition) is 1. The Morgan fingerprint density at radius 2 is 1.56 bits per heavy atom. The standard InChI is InChI=1S/C20H27NO3S/c1-14(2)19(13-24-18-9-7-6-8-10-18)21-25(22,23)20-16(4)11-15(3)12-17(20)5/h6-12,14,19,21H,13H2,1-5H3. The van der Waals surface area contributed by atoms with Crippen molar-refractivity contribution in [2.75, 3.05) is 6.61 Å². The van der Waals surface area contributed by atoms with Crippen LogP contribution in [0, 0.1) is 26.7 Å². The van der Waals surface area contributed by atoms with Gasteiger partial charge in [0.25, 0.3) is 0 Å². The third-order valence-corrected chi connectivity index (χ3v) is 5.95. The van der Waals surface area contributed by atoms with E-state index in [9.17, 15) is 8.42 Å². The average Bonchev–Trinajstić information content (AvgIpc) is 2.50. The molecule has 2 rings (SSSR count). The molecule has 4 nitrogen and oxygen atoms in total. The number of ether oxygens (including phenoxy) is 1. The summed E-state index contributed by atoms with van der Waals surface area (Å²) in [5.41, 5.74) is 2.58. The molecule has 1 unspecified atom stereocenters. The lowest BCUT2D eigenvalue weighted by molar-refractivity contribution is 0.248. The summed E-state index contributed by atoms with van der Waals surface area (Å²) in [4.78, 5) is 0.364. The third-order valence-electron chi connectivity index (χ3n) is 4.16. The summed E-state index contributed by atoms with van der Waals surface area (Å²) >= 11 is 0. The summed E-state index contributed by atoms with van der Waals surface area (Å²) in [5.74, 6) is 0.833. The molecule has 0 radical (unpaired) electrons. The molecule has 0 aliphatic carbocycles. The summed E-state index contributed by atoms with van der Waals surface area (Å²) < 4.78 is 34.5. The molecular formula is C20H27NO3S. The van der Waals surface area contributed by atoms with E-state index in [4.69, 9.17) is 4.74 Å². The van der Waals surface area contributed by atoms with E-state index in [0.717, 1.165) is 22.4 Å². The number of benzene rings is 2. The van der Waals surface area contributed by atoms with Crippen LogP contribution in [0.2, 0.25) is 0 Å². The van der Waals surface area contributed by atoms with E-state index in [1.165, 1.54) is 0 Å². The topological polar surface area (TPSA) is 55.4 Å². The number of aryl methyl sites for hydroxylation is 3. The lowest BCUT2D eigenvalue weighted by Crippen LogP contribution is -2.43. The number of rotatable bonds is 7. The van der Waals surface area contributed by atoms with Gasteiger partial charge in [0, 0.05) is 0 Å². The maximum Gasteiger partial charge on any atom is 0.241 e. The Labute approximate surface area is 151 Å². The van der Waals surface area contributed by atoms with Crippen molar-refractivity contribution >= 4 is 10.0 Å². The largest absolute Gasteiger partial charge is 0.492 e. The van der Waals surface area contributed by atoms with Crippen LogP contribution in [0.1, 0.15) is 30.5 Å². The first-order chi connectivity index (χ1) is 11.7. The Morgan fingerprint density at radius 3 is 2.08 bits per heavy atom. The Bertz CT molecular complexity index is 791. The van der Waals surface area contributed by atoms with Gasteiger partial charge in [0.2, 0.25) is 10.0 Å². The fraction of sp³-hybridized carbons (Fsp3) is 0.400. The summed E-state index contributed by atoms with van der Waals surface area (Å²) in [7, 11) is -3.62. The van der Waals surface area contributed by atoms with Crippen molar-refractivity contribution in [2.45, 2.75) is 45.6 Å². The van der Waals surface area contributed by atoms with Crippen molar-refractivity contribution in [1.29, 1.82) is 0 Å². The van der Waals surface area contributed by atoms with Crippen LogP contribution in [0.15, 0.2) is 47.4 Å². The number of nitrogens with one attached hydrogen (secondary N) is 1. The van der Waals surface area contributed by atoms with Crippen LogP contribution in [0.5, 0.6) is 5.75 Å². The van der Waals surface area contributed by atoms with Crippen LogP contribution in [0.4, 0.5) is 0 Å². The normalized spacial score (nSPS) is 13.0. The summed E-state index contributed by atoms with van der Waals surface area (Å²) in [5, 5.41) is 0. The Balaban J connectivity index is 2.21. The number of sulfonamides is 1. The average molecular weight is 362 g/mol.